The van der Waals surface area contributed by atoms with Gasteiger partial charge >= 0.3 is 0 Å². The first kappa shape index (κ1) is 14.1. The van der Waals surface area contributed by atoms with Crippen molar-refractivity contribution in [2.45, 2.75) is 58.9 Å². The molecule has 1 saturated heterocycles. The Morgan fingerprint density at radius 3 is 2.63 bits per heavy atom. The summed E-state index contributed by atoms with van der Waals surface area (Å²) < 4.78 is 0. The number of hydrogen-bond donors (Lipinski definition) is 1. The van der Waals surface area contributed by atoms with E-state index in [1.54, 1.807) is 0 Å². The minimum absolute atomic E-state index is 0.200. The van der Waals surface area contributed by atoms with Gasteiger partial charge in [0, 0.05) is 30.6 Å². The Hall–Kier alpha value is -1.32. The lowest BCUT2D eigenvalue weighted by Crippen LogP contribution is -2.39. The molecule has 4 heteroatoms. The second kappa shape index (κ2) is 5.35. The van der Waals surface area contributed by atoms with E-state index in [2.05, 4.69) is 55.9 Å². The summed E-state index contributed by atoms with van der Waals surface area (Å²) in [6.07, 6.45) is 2.47. The predicted octanol–water partition coefficient (Wildman–Crippen LogP) is 3.41. The maximum absolute atomic E-state index is 4.77. The highest BCUT2D eigenvalue weighted by Gasteiger charge is 2.33. The van der Waals surface area contributed by atoms with Crippen LogP contribution in [0.1, 0.15) is 59.2 Å². The standard InChI is InChI=1S/C15H26N4/c1-6-16-12-10-13(18-14(17-12)11(2)3)19-9-7-8-15(19,4)5/h10-11H,6-9H2,1-5H3,(H,16,17,18). The quantitative estimate of drug-likeness (QED) is 0.903. The third-order valence-electron chi connectivity index (χ3n) is 3.78. The maximum atomic E-state index is 4.77. The predicted molar refractivity (Wildman–Crippen MR) is 80.9 cm³/mol. The molecule has 0 aliphatic carbocycles. The van der Waals surface area contributed by atoms with Gasteiger partial charge in [-0.3, -0.25) is 0 Å². The summed E-state index contributed by atoms with van der Waals surface area (Å²) >= 11 is 0. The third-order valence-corrected chi connectivity index (χ3v) is 3.78. The van der Waals surface area contributed by atoms with Crippen molar-refractivity contribution in [2.24, 2.45) is 0 Å². The maximum Gasteiger partial charge on any atom is 0.135 e. The molecule has 0 radical (unpaired) electrons. The molecular weight excluding hydrogens is 236 g/mol. The number of anilines is 2. The molecule has 2 heterocycles. The Bertz CT molecular complexity index is 440. The number of rotatable bonds is 4. The SMILES string of the molecule is CCNc1cc(N2CCCC2(C)C)nc(C(C)C)n1. The number of nitrogens with zero attached hydrogens (tertiary/aromatic N) is 3. The first-order valence-electron chi connectivity index (χ1n) is 7.34. The molecule has 0 aromatic carbocycles. The van der Waals surface area contributed by atoms with Crippen molar-refractivity contribution in [3.63, 3.8) is 0 Å². The van der Waals surface area contributed by atoms with Crippen LogP contribution in [-0.4, -0.2) is 28.6 Å². The van der Waals surface area contributed by atoms with E-state index in [0.717, 1.165) is 30.5 Å². The number of nitrogens with one attached hydrogen (secondary N) is 1. The molecule has 1 aliphatic heterocycles. The molecule has 0 amide bonds. The molecule has 1 aromatic rings. The van der Waals surface area contributed by atoms with Crippen LogP contribution in [0.3, 0.4) is 0 Å². The summed E-state index contributed by atoms with van der Waals surface area (Å²) in [5.74, 6) is 3.29. The van der Waals surface area contributed by atoms with Crippen LogP contribution in [0.25, 0.3) is 0 Å². The lowest BCUT2D eigenvalue weighted by Gasteiger charge is -2.33. The van der Waals surface area contributed by atoms with Gasteiger partial charge in [-0.15, -0.1) is 0 Å². The normalized spacial score (nSPS) is 18.1. The molecule has 1 N–H and O–H groups in total. The van der Waals surface area contributed by atoms with E-state index in [1.807, 2.05) is 0 Å². The van der Waals surface area contributed by atoms with Crippen LogP contribution >= 0.6 is 0 Å². The van der Waals surface area contributed by atoms with Crippen molar-refractivity contribution >= 4 is 11.6 Å². The number of hydrogen-bond acceptors (Lipinski definition) is 4. The summed E-state index contributed by atoms with van der Waals surface area (Å²) in [5.41, 5.74) is 0.200. The van der Waals surface area contributed by atoms with Gasteiger partial charge in [-0.1, -0.05) is 13.8 Å². The summed E-state index contributed by atoms with van der Waals surface area (Å²) in [7, 11) is 0. The monoisotopic (exact) mass is 262 g/mol. The van der Waals surface area contributed by atoms with E-state index in [9.17, 15) is 0 Å². The van der Waals surface area contributed by atoms with Gasteiger partial charge in [0.25, 0.3) is 0 Å². The van der Waals surface area contributed by atoms with Crippen molar-refractivity contribution < 1.29 is 0 Å². The van der Waals surface area contributed by atoms with E-state index < -0.39 is 0 Å². The van der Waals surface area contributed by atoms with Crippen molar-refractivity contribution in [1.82, 2.24) is 9.97 Å². The van der Waals surface area contributed by atoms with Gasteiger partial charge in [0.2, 0.25) is 0 Å². The fourth-order valence-electron chi connectivity index (χ4n) is 2.65. The summed E-state index contributed by atoms with van der Waals surface area (Å²) in [6.45, 7) is 12.9. The first-order chi connectivity index (χ1) is 8.94. The van der Waals surface area contributed by atoms with Gasteiger partial charge < -0.3 is 10.2 Å². The van der Waals surface area contributed by atoms with Crippen LogP contribution in [0.5, 0.6) is 0 Å². The molecule has 0 atom stereocenters. The molecule has 19 heavy (non-hydrogen) atoms. The van der Waals surface area contributed by atoms with Crippen molar-refractivity contribution in [3.8, 4) is 0 Å². The van der Waals surface area contributed by atoms with Gasteiger partial charge in [-0.05, 0) is 33.6 Å². The van der Waals surface area contributed by atoms with Crippen LogP contribution in [0.4, 0.5) is 11.6 Å². The van der Waals surface area contributed by atoms with Crippen LogP contribution < -0.4 is 10.2 Å². The minimum atomic E-state index is 0.200. The molecule has 1 fully saturated rings. The van der Waals surface area contributed by atoms with Gasteiger partial charge in [-0.2, -0.15) is 0 Å². The van der Waals surface area contributed by atoms with Crippen LogP contribution in [0, 0.1) is 0 Å². The van der Waals surface area contributed by atoms with Crippen LogP contribution in [0.15, 0.2) is 6.07 Å². The Morgan fingerprint density at radius 1 is 1.37 bits per heavy atom. The molecule has 106 valence electrons. The van der Waals surface area contributed by atoms with E-state index in [4.69, 9.17) is 4.98 Å². The second-order valence-corrected chi connectivity index (χ2v) is 6.22. The lowest BCUT2D eigenvalue weighted by atomic mass is 10.0. The van der Waals surface area contributed by atoms with E-state index in [0.29, 0.717) is 5.92 Å². The molecule has 0 saturated carbocycles. The summed E-state index contributed by atoms with van der Waals surface area (Å²) in [4.78, 5) is 11.8. The zero-order chi connectivity index (χ0) is 14.0. The Morgan fingerprint density at radius 2 is 2.11 bits per heavy atom. The lowest BCUT2D eigenvalue weighted by molar-refractivity contribution is 0.513. The fraction of sp³-hybridized carbons (Fsp3) is 0.733. The minimum Gasteiger partial charge on any atom is -0.370 e. The average Bonchev–Trinajstić information content (AvgIpc) is 2.69. The summed E-state index contributed by atoms with van der Waals surface area (Å²) in [5, 5.41) is 3.32. The van der Waals surface area contributed by atoms with E-state index in [1.165, 1.54) is 12.8 Å². The zero-order valence-corrected chi connectivity index (χ0v) is 12.8. The largest absolute Gasteiger partial charge is 0.370 e. The highest BCUT2D eigenvalue weighted by molar-refractivity contribution is 5.52. The highest BCUT2D eigenvalue weighted by atomic mass is 15.3. The fourth-order valence-corrected chi connectivity index (χ4v) is 2.65. The molecule has 0 bridgehead atoms. The molecule has 0 unspecified atom stereocenters. The van der Waals surface area contributed by atoms with Crippen molar-refractivity contribution in [3.05, 3.63) is 11.9 Å². The first-order valence-corrected chi connectivity index (χ1v) is 7.34. The zero-order valence-electron chi connectivity index (χ0n) is 12.8. The molecule has 1 aromatic heterocycles. The average molecular weight is 262 g/mol. The molecule has 0 spiro atoms. The molecular formula is C15H26N4. The Labute approximate surface area is 116 Å². The third kappa shape index (κ3) is 2.99. The van der Waals surface area contributed by atoms with Gasteiger partial charge in [0.15, 0.2) is 0 Å². The Balaban J connectivity index is 2.38. The van der Waals surface area contributed by atoms with Crippen molar-refractivity contribution in [2.75, 3.05) is 23.3 Å². The molecule has 2 rings (SSSR count). The van der Waals surface area contributed by atoms with Crippen LogP contribution in [-0.2, 0) is 0 Å². The Kier molecular flexibility index (Phi) is 3.97. The van der Waals surface area contributed by atoms with Gasteiger partial charge in [0.1, 0.15) is 17.5 Å². The molecule has 1 aliphatic rings. The van der Waals surface area contributed by atoms with E-state index in [-0.39, 0.29) is 5.54 Å². The topological polar surface area (TPSA) is 41.0 Å². The smallest absolute Gasteiger partial charge is 0.135 e. The second-order valence-electron chi connectivity index (χ2n) is 6.22. The highest BCUT2D eigenvalue weighted by Crippen LogP contribution is 2.33. The summed E-state index contributed by atoms with van der Waals surface area (Å²) in [6, 6.07) is 2.09. The van der Waals surface area contributed by atoms with Crippen LogP contribution in [0.2, 0.25) is 0 Å². The van der Waals surface area contributed by atoms with Gasteiger partial charge in [-0.25, -0.2) is 9.97 Å². The van der Waals surface area contributed by atoms with Crippen molar-refractivity contribution in [1.29, 1.82) is 0 Å². The van der Waals surface area contributed by atoms with Gasteiger partial charge in [0.05, 0.1) is 0 Å². The van der Waals surface area contributed by atoms with E-state index >= 15 is 0 Å². The number of aromatic nitrogens is 2. The molecule has 4 nitrogen and oxygen atoms in total.